The van der Waals surface area contributed by atoms with Gasteiger partial charge in [-0.2, -0.15) is 0 Å². The maximum Gasteiger partial charge on any atom is 0.349 e. The average molecular weight is 304 g/mol. The van der Waals surface area contributed by atoms with Crippen LogP contribution in [0.5, 0.6) is 0 Å². The van der Waals surface area contributed by atoms with Crippen LogP contribution in [-0.2, 0) is 33.3 Å². The summed E-state index contributed by atoms with van der Waals surface area (Å²) in [6, 6.07) is 0. The molecule has 2 fully saturated rings. The predicted octanol–water partition coefficient (Wildman–Crippen LogP) is -2.10. The van der Waals surface area contributed by atoms with Gasteiger partial charge in [0, 0.05) is 0 Å². The Morgan fingerprint density at radius 2 is 2.00 bits per heavy atom. The van der Waals surface area contributed by atoms with Gasteiger partial charge in [-0.3, -0.25) is 4.79 Å². The third kappa shape index (κ3) is 1.96. The Morgan fingerprint density at radius 3 is 2.52 bits per heavy atom. The van der Waals surface area contributed by atoms with Crippen LogP contribution in [0.1, 0.15) is 13.8 Å². The zero-order chi connectivity index (χ0) is 16.0. The maximum atomic E-state index is 12.3. The lowest BCUT2D eigenvalue weighted by Crippen LogP contribution is -2.67. The summed E-state index contributed by atoms with van der Waals surface area (Å²) in [7, 11) is 1.03. The van der Waals surface area contributed by atoms with Crippen molar-refractivity contribution in [1.82, 2.24) is 0 Å². The minimum Gasteiger partial charge on any atom is -0.467 e. The van der Waals surface area contributed by atoms with E-state index < -0.39 is 47.4 Å². The number of hydrogen-bond acceptors (Lipinski definition) is 9. The number of Topliss-reactive ketones (excluding diaryl/α,β-unsaturated/α-hetero) is 1. The van der Waals surface area contributed by atoms with Gasteiger partial charge in [-0.15, -0.1) is 0 Å². The minimum absolute atomic E-state index is 0.0829. The Kier molecular flexibility index (Phi) is 3.79. The number of methoxy groups -OCH3 is 1. The van der Waals surface area contributed by atoms with Crippen LogP contribution in [0.2, 0.25) is 0 Å². The molecule has 118 valence electrons. The predicted molar refractivity (Wildman–Crippen MR) is 62.8 cm³/mol. The molecule has 2 heterocycles. The molecule has 0 amide bonds. The SMILES string of the molecule is CCOC(=O)[C@@]12O[C@@](C)(O[C@@H]1C(=O)OC)[C@H](O)[C@@H](O)C2=O. The fourth-order valence-electron chi connectivity index (χ4n) is 2.48. The lowest BCUT2D eigenvalue weighted by Gasteiger charge is -2.38. The van der Waals surface area contributed by atoms with Crippen molar-refractivity contribution in [3.05, 3.63) is 0 Å². The van der Waals surface area contributed by atoms with Gasteiger partial charge >= 0.3 is 11.9 Å². The fourth-order valence-corrected chi connectivity index (χ4v) is 2.48. The summed E-state index contributed by atoms with van der Waals surface area (Å²) in [6.45, 7) is 2.61. The quantitative estimate of drug-likeness (QED) is 0.445. The molecule has 0 saturated carbocycles. The van der Waals surface area contributed by atoms with Crippen molar-refractivity contribution in [3.8, 4) is 0 Å². The van der Waals surface area contributed by atoms with Gasteiger partial charge in [0.15, 0.2) is 5.79 Å². The van der Waals surface area contributed by atoms with Crippen LogP contribution in [0.3, 0.4) is 0 Å². The first-order valence-electron chi connectivity index (χ1n) is 6.28. The largest absolute Gasteiger partial charge is 0.467 e. The monoisotopic (exact) mass is 304 g/mol. The summed E-state index contributed by atoms with van der Waals surface area (Å²) in [6.07, 6.45) is -5.49. The number of carbonyl (C=O) groups excluding carboxylic acids is 3. The fraction of sp³-hybridized carbons (Fsp3) is 0.750. The van der Waals surface area contributed by atoms with E-state index in [0.717, 1.165) is 7.11 Å². The molecule has 0 aromatic carbocycles. The molecular weight excluding hydrogens is 288 g/mol. The summed E-state index contributed by atoms with van der Waals surface area (Å²) >= 11 is 0. The molecule has 2 aliphatic heterocycles. The first-order valence-corrected chi connectivity index (χ1v) is 6.28. The molecule has 5 atom stereocenters. The summed E-state index contributed by atoms with van der Waals surface area (Å²) in [5.41, 5.74) is -2.49. The second-order valence-electron chi connectivity index (χ2n) is 4.85. The number of carbonyl (C=O) groups is 3. The third-order valence-electron chi connectivity index (χ3n) is 3.55. The average Bonchev–Trinajstić information content (AvgIpc) is 2.77. The van der Waals surface area contributed by atoms with E-state index in [1.165, 1.54) is 13.8 Å². The summed E-state index contributed by atoms with van der Waals surface area (Å²) < 4.78 is 19.7. The number of hydrogen-bond donors (Lipinski definition) is 2. The van der Waals surface area contributed by atoms with Gasteiger partial charge in [-0.25, -0.2) is 9.59 Å². The van der Waals surface area contributed by atoms with Crippen LogP contribution < -0.4 is 0 Å². The number of ketones is 1. The van der Waals surface area contributed by atoms with Gasteiger partial charge in [0.1, 0.15) is 12.2 Å². The van der Waals surface area contributed by atoms with Gasteiger partial charge in [0.05, 0.1) is 13.7 Å². The Morgan fingerprint density at radius 1 is 1.38 bits per heavy atom. The summed E-state index contributed by atoms with van der Waals surface area (Å²) in [5, 5.41) is 19.7. The number of esters is 2. The smallest absolute Gasteiger partial charge is 0.349 e. The highest BCUT2D eigenvalue weighted by Gasteiger charge is 2.75. The summed E-state index contributed by atoms with van der Waals surface area (Å²) in [4.78, 5) is 36.3. The van der Waals surface area contributed by atoms with Gasteiger partial charge in [0.25, 0.3) is 5.60 Å². The molecule has 0 radical (unpaired) electrons. The number of aliphatic hydroxyl groups is 2. The van der Waals surface area contributed by atoms with Crippen LogP contribution in [-0.4, -0.2) is 71.4 Å². The molecule has 0 aromatic rings. The molecule has 2 rings (SSSR count). The van der Waals surface area contributed by atoms with E-state index in [9.17, 15) is 24.6 Å². The molecule has 0 spiro atoms. The van der Waals surface area contributed by atoms with Crippen molar-refractivity contribution in [1.29, 1.82) is 0 Å². The highest BCUT2D eigenvalue weighted by molar-refractivity contribution is 6.14. The minimum atomic E-state index is -2.49. The number of ether oxygens (including phenoxy) is 4. The van der Waals surface area contributed by atoms with E-state index in [1.807, 2.05) is 0 Å². The van der Waals surface area contributed by atoms with Crippen LogP contribution >= 0.6 is 0 Å². The number of rotatable bonds is 3. The Balaban J connectivity index is 2.56. The van der Waals surface area contributed by atoms with Crippen molar-refractivity contribution in [2.24, 2.45) is 0 Å². The molecule has 0 aliphatic carbocycles. The maximum absolute atomic E-state index is 12.3. The molecule has 0 aromatic heterocycles. The molecule has 9 nitrogen and oxygen atoms in total. The van der Waals surface area contributed by atoms with E-state index in [4.69, 9.17) is 14.2 Å². The third-order valence-corrected chi connectivity index (χ3v) is 3.55. The van der Waals surface area contributed by atoms with Crippen molar-refractivity contribution < 1.29 is 43.5 Å². The van der Waals surface area contributed by atoms with Crippen molar-refractivity contribution in [2.45, 2.75) is 43.5 Å². The van der Waals surface area contributed by atoms with Crippen LogP contribution in [0.15, 0.2) is 0 Å². The number of aliphatic hydroxyl groups excluding tert-OH is 2. The molecule has 2 bridgehead atoms. The first-order chi connectivity index (χ1) is 9.74. The van der Waals surface area contributed by atoms with Crippen molar-refractivity contribution in [2.75, 3.05) is 13.7 Å². The second kappa shape index (κ2) is 5.02. The molecule has 0 unspecified atom stereocenters. The Labute approximate surface area is 119 Å². The van der Waals surface area contributed by atoms with E-state index in [1.54, 1.807) is 0 Å². The van der Waals surface area contributed by atoms with E-state index >= 15 is 0 Å². The van der Waals surface area contributed by atoms with Gasteiger partial charge < -0.3 is 29.2 Å². The molecular formula is C12H16O9. The molecule has 21 heavy (non-hydrogen) atoms. The van der Waals surface area contributed by atoms with Gasteiger partial charge in [-0.05, 0) is 13.8 Å². The van der Waals surface area contributed by atoms with E-state index in [2.05, 4.69) is 4.74 Å². The Bertz CT molecular complexity index is 489. The van der Waals surface area contributed by atoms with Crippen molar-refractivity contribution in [3.63, 3.8) is 0 Å². The standard InChI is InChI=1S/C12H16O9/c1-4-19-10(17)12-7(15)5(13)6(14)11(2,21-12)20-8(12)9(16)18-3/h5-6,8,13-14H,4H2,1-3H3/t5-,6-,8-,11-,12+/m1/s1. The zero-order valence-electron chi connectivity index (χ0n) is 11.7. The molecule has 2 saturated heterocycles. The highest BCUT2D eigenvalue weighted by Crippen LogP contribution is 2.46. The normalized spacial score (nSPS) is 41.8. The van der Waals surface area contributed by atoms with Gasteiger partial charge in [-0.1, -0.05) is 0 Å². The van der Waals surface area contributed by atoms with Crippen LogP contribution in [0, 0.1) is 0 Å². The van der Waals surface area contributed by atoms with E-state index in [0.29, 0.717) is 0 Å². The molecule has 2 aliphatic rings. The van der Waals surface area contributed by atoms with E-state index in [-0.39, 0.29) is 6.61 Å². The molecule has 2 N–H and O–H groups in total. The van der Waals surface area contributed by atoms with Gasteiger partial charge in [0.2, 0.25) is 11.9 Å². The lowest BCUT2D eigenvalue weighted by molar-refractivity contribution is -0.268. The van der Waals surface area contributed by atoms with Crippen molar-refractivity contribution >= 4 is 17.7 Å². The highest BCUT2D eigenvalue weighted by atomic mass is 16.8. The second-order valence-corrected chi connectivity index (χ2v) is 4.85. The van der Waals surface area contributed by atoms with Crippen LogP contribution in [0.4, 0.5) is 0 Å². The topological polar surface area (TPSA) is 129 Å². The Hall–Kier alpha value is -1.55. The lowest BCUT2D eigenvalue weighted by atomic mass is 9.84. The zero-order valence-corrected chi connectivity index (χ0v) is 11.7. The number of fused-ring (bicyclic) bond motifs is 2. The molecule has 9 heteroatoms. The van der Waals surface area contributed by atoms with Crippen LogP contribution in [0.25, 0.3) is 0 Å². The first kappa shape index (κ1) is 15.8. The summed E-state index contributed by atoms with van der Waals surface area (Å²) in [5.74, 6) is -5.36.